The summed E-state index contributed by atoms with van der Waals surface area (Å²) in [6.07, 6.45) is 11.4. The number of aromatic nitrogens is 3. The van der Waals surface area contributed by atoms with Crippen molar-refractivity contribution in [2.24, 2.45) is 5.10 Å². The van der Waals surface area contributed by atoms with Crippen molar-refractivity contribution in [1.29, 1.82) is 0 Å². The van der Waals surface area contributed by atoms with Crippen molar-refractivity contribution < 1.29 is 9.48 Å². The first-order chi connectivity index (χ1) is 16.5. The average Bonchev–Trinajstić information content (AvgIpc) is 3.46. The number of nitrogens with one attached hydrogen (secondary N) is 1. The quantitative estimate of drug-likeness (QED) is 0.631. The number of likely N-dealkylation sites (tertiary alicyclic amines) is 1. The molecule has 2 aliphatic heterocycles. The molecule has 1 aliphatic carbocycles. The second-order valence-electron chi connectivity index (χ2n) is 9.22. The van der Waals surface area contributed by atoms with E-state index in [1.807, 2.05) is 24.7 Å². The van der Waals surface area contributed by atoms with Crippen molar-refractivity contribution in [3.8, 4) is 0 Å². The van der Waals surface area contributed by atoms with Gasteiger partial charge in [-0.05, 0) is 62.2 Å². The number of amides is 1. The molecule has 3 N–H and O–H groups in total. The summed E-state index contributed by atoms with van der Waals surface area (Å²) >= 11 is 0. The SMILES string of the molecule is CCc1cc(C2=CCc3ncc(C4C=N[N+](CC(=O)NC5CCN(C)CC5)=C4)cc32)nc(N)n1. The van der Waals surface area contributed by atoms with Gasteiger partial charge in [0.25, 0.3) is 12.5 Å². The zero-order valence-electron chi connectivity index (χ0n) is 19.7. The number of nitrogens with two attached hydrogens (primary N) is 1. The molecule has 4 heterocycles. The Morgan fingerprint density at radius 3 is 2.88 bits per heavy atom. The molecular weight excluding hydrogens is 428 g/mol. The highest BCUT2D eigenvalue weighted by Gasteiger charge is 2.27. The summed E-state index contributed by atoms with van der Waals surface area (Å²) < 4.78 is 1.72. The number of nitrogens with zero attached hydrogens (tertiary/aromatic N) is 6. The van der Waals surface area contributed by atoms with Gasteiger partial charge in [0.1, 0.15) is 5.92 Å². The number of hydrogen-bond donors (Lipinski definition) is 2. The third-order valence-electron chi connectivity index (χ3n) is 6.70. The molecule has 34 heavy (non-hydrogen) atoms. The molecule has 0 spiro atoms. The van der Waals surface area contributed by atoms with Crippen molar-refractivity contribution in [1.82, 2.24) is 25.2 Å². The number of pyridine rings is 1. The Morgan fingerprint density at radius 1 is 1.26 bits per heavy atom. The smallest absolute Gasteiger partial charge is 0.288 e. The fourth-order valence-corrected chi connectivity index (χ4v) is 4.73. The molecule has 2 aromatic rings. The lowest BCUT2D eigenvalue weighted by Gasteiger charge is -2.29. The van der Waals surface area contributed by atoms with E-state index in [1.165, 1.54) is 0 Å². The van der Waals surface area contributed by atoms with Crippen molar-refractivity contribution in [2.75, 3.05) is 32.4 Å². The molecule has 1 atom stereocenters. The predicted molar refractivity (Wildman–Crippen MR) is 132 cm³/mol. The Labute approximate surface area is 199 Å². The van der Waals surface area contributed by atoms with Crippen LogP contribution in [-0.2, 0) is 17.6 Å². The minimum Gasteiger partial charge on any atom is -0.368 e. The number of fused-ring (bicyclic) bond motifs is 1. The number of hydrazone groups is 1. The molecule has 1 unspecified atom stereocenters. The molecule has 176 valence electrons. The first-order valence-corrected chi connectivity index (χ1v) is 11.9. The van der Waals surface area contributed by atoms with E-state index in [4.69, 9.17) is 10.7 Å². The Kier molecular flexibility index (Phi) is 6.19. The molecule has 1 amide bonds. The molecule has 9 nitrogen and oxygen atoms in total. The first kappa shape index (κ1) is 22.3. The van der Waals surface area contributed by atoms with E-state index in [0.717, 1.165) is 72.6 Å². The first-order valence-electron chi connectivity index (χ1n) is 11.9. The van der Waals surface area contributed by atoms with Gasteiger partial charge in [0.2, 0.25) is 5.95 Å². The van der Waals surface area contributed by atoms with Crippen LogP contribution < -0.4 is 11.1 Å². The fourth-order valence-electron chi connectivity index (χ4n) is 4.73. The molecule has 1 fully saturated rings. The molecule has 2 aromatic heterocycles. The topological polar surface area (TPSA) is 112 Å². The van der Waals surface area contributed by atoms with Crippen LogP contribution in [0.15, 0.2) is 29.5 Å². The minimum atomic E-state index is -0.0301. The minimum absolute atomic E-state index is 0.00831. The van der Waals surface area contributed by atoms with Crippen LogP contribution in [0.1, 0.15) is 53.9 Å². The van der Waals surface area contributed by atoms with E-state index in [9.17, 15) is 4.79 Å². The van der Waals surface area contributed by atoms with Gasteiger partial charge in [0.05, 0.1) is 17.6 Å². The summed E-state index contributed by atoms with van der Waals surface area (Å²) in [6.45, 7) is 4.31. The number of nitrogen functional groups attached to an aromatic ring is 1. The Hall–Kier alpha value is -3.46. The van der Waals surface area contributed by atoms with E-state index in [2.05, 4.69) is 51.4 Å². The number of piperidine rings is 1. The second-order valence-corrected chi connectivity index (χ2v) is 9.22. The van der Waals surface area contributed by atoms with Crippen LogP contribution in [0.25, 0.3) is 5.57 Å². The summed E-state index contributed by atoms with van der Waals surface area (Å²) in [5.74, 6) is 0.268. The van der Waals surface area contributed by atoms with Crippen LogP contribution in [0, 0.1) is 0 Å². The van der Waals surface area contributed by atoms with E-state index in [1.54, 1.807) is 4.68 Å². The van der Waals surface area contributed by atoms with Gasteiger partial charge in [-0.1, -0.05) is 17.7 Å². The number of allylic oxidation sites excluding steroid dienone is 1. The van der Waals surface area contributed by atoms with Gasteiger partial charge in [-0.2, -0.15) is 0 Å². The molecule has 0 radical (unpaired) electrons. The summed E-state index contributed by atoms with van der Waals surface area (Å²) in [5.41, 5.74) is 11.9. The Morgan fingerprint density at radius 2 is 2.09 bits per heavy atom. The second kappa shape index (κ2) is 9.42. The van der Waals surface area contributed by atoms with E-state index >= 15 is 0 Å². The number of rotatable bonds is 6. The highest BCUT2D eigenvalue weighted by atomic mass is 16.2. The van der Waals surface area contributed by atoms with Gasteiger partial charge in [-0.15, -0.1) is 0 Å². The molecule has 1 saturated heterocycles. The Balaban J connectivity index is 1.28. The summed E-state index contributed by atoms with van der Waals surface area (Å²) in [7, 11) is 2.12. The zero-order valence-corrected chi connectivity index (χ0v) is 19.7. The maximum atomic E-state index is 12.5. The van der Waals surface area contributed by atoms with Crippen molar-refractivity contribution in [2.45, 2.75) is 44.6 Å². The van der Waals surface area contributed by atoms with E-state index in [0.29, 0.717) is 5.95 Å². The van der Waals surface area contributed by atoms with Crippen molar-refractivity contribution in [3.63, 3.8) is 0 Å². The number of carbonyl (C=O) groups is 1. The maximum Gasteiger partial charge on any atom is 0.288 e. The monoisotopic (exact) mass is 459 g/mol. The van der Waals surface area contributed by atoms with Crippen molar-refractivity contribution in [3.05, 3.63) is 52.6 Å². The van der Waals surface area contributed by atoms with Crippen molar-refractivity contribution >= 4 is 29.9 Å². The molecule has 0 saturated carbocycles. The normalized spacial score (nSPS) is 20.2. The van der Waals surface area contributed by atoms with Crippen LogP contribution in [-0.4, -0.2) is 75.6 Å². The number of anilines is 1. The third-order valence-corrected chi connectivity index (χ3v) is 6.70. The summed E-state index contributed by atoms with van der Waals surface area (Å²) in [4.78, 5) is 28.3. The summed E-state index contributed by atoms with van der Waals surface area (Å²) in [6, 6.07) is 4.40. The van der Waals surface area contributed by atoms with Crippen LogP contribution in [0.5, 0.6) is 0 Å². The standard InChI is InChI=1S/C25H30N8O/c1-3-18-11-23(31-25(26)30-18)20-4-5-22-21(20)10-16(12-27-22)17-13-28-33(14-17)15-24(34)29-19-6-8-32(2)9-7-19/h4,10-14,17,19H,3,5-9,15H2,1-2H3,(H2-,26,29,30,31,34)/p+1. The van der Waals surface area contributed by atoms with Gasteiger partial charge < -0.3 is 16.0 Å². The lowest BCUT2D eigenvalue weighted by atomic mass is 9.98. The van der Waals surface area contributed by atoms with Crippen LogP contribution in [0.3, 0.4) is 0 Å². The number of hydrogen-bond acceptors (Lipinski definition) is 7. The van der Waals surface area contributed by atoms with Gasteiger partial charge >= 0.3 is 0 Å². The maximum absolute atomic E-state index is 12.5. The lowest BCUT2D eigenvalue weighted by Crippen LogP contribution is -2.45. The van der Waals surface area contributed by atoms with Gasteiger partial charge in [-0.25, -0.2) is 9.97 Å². The van der Waals surface area contributed by atoms with Crippen LogP contribution in [0.4, 0.5) is 5.95 Å². The number of aryl methyl sites for hydroxylation is 1. The van der Waals surface area contributed by atoms with Gasteiger partial charge in [0, 0.05) is 35.5 Å². The lowest BCUT2D eigenvalue weighted by molar-refractivity contribution is -0.514. The molecule has 3 aliphatic rings. The molecule has 0 bridgehead atoms. The molecule has 5 rings (SSSR count). The zero-order chi connectivity index (χ0) is 23.7. The Bertz CT molecular complexity index is 1190. The highest BCUT2D eigenvalue weighted by molar-refractivity contribution is 5.91. The fraction of sp³-hybridized carbons (Fsp3) is 0.440. The predicted octanol–water partition coefficient (Wildman–Crippen LogP) is 1.38. The summed E-state index contributed by atoms with van der Waals surface area (Å²) in [5, 5.41) is 7.60. The van der Waals surface area contributed by atoms with Gasteiger partial charge in [0.15, 0.2) is 6.21 Å². The molecule has 0 aromatic carbocycles. The molecular formula is C25H31N8O+. The van der Waals surface area contributed by atoms with Gasteiger partial charge in [-0.3, -0.25) is 9.78 Å². The average molecular weight is 460 g/mol. The third kappa shape index (κ3) is 4.75. The highest BCUT2D eigenvalue weighted by Crippen LogP contribution is 2.33. The van der Waals surface area contributed by atoms with Crippen LogP contribution in [0.2, 0.25) is 0 Å². The van der Waals surface area contributed by atoms with E-state index < -0.39 is 0 Å². The largest absolute Gasteiger partial charge is 0.368 e. The molecule has 9 heteroatoms. The van der Waals surface area contributed by atoms with Crippen LogP contribution >= 0.6 is 0 Å². The number of carbonyl (C=O) groups excluding carboxylic acids is 1. The van der Waals surface area contributed by atoms with E-state index in [-0.39, 0.29) is 24.4 Å².